The van der Waals surface area contributed by atoms with Gasteiger partial charge in [0.25, 0.3) is 0 Å². The zero-order valence-electron chi connectivity index (χ0n) is 11.7. The van der Waals surface area contributed by atoms with Gasteiger partial charge in [-0.25, -0.2) is 0 Å². The Morgan fingerprint density at radius 3 is 2.91 bits per heavy atom. The van der Waals surface area contributed by atoms with Crippen LogP contribution in [0.15, 0.2) is 54.9 Å². The van der Waals surface area contributed by atoms with E-state index in [2.05, 4.69) is 20.5 Å². The fourth-order valence-electron chi connectivity index (χ4n) is 2.13. The Labute approximate surface area is 126 Å². The number of hydrogen-bond donors (Lipinski definition) is 3. The van der Waals surface area contributed by atoms with Crippen molar-refractivity contribution in [2.45, 2.75) is 6.42 Å². The van der Waals surface area contributed by atoms with Gasteiger partial charge in [-0.3, -0.25) is 14.9 Å². The summed E-state index contributed by atoms with van der Waals surface area (Å²) in [4.78, 5) is 16.3. The predicted octanol–water partition coefficient (Wildman–Crippen LogP) is 2.36. The Bertz CT molecular complexity index is 784. The first-order valence-corrected chi connectivity index (χ1v) is 6.75. The third kappa shape index (κ3) is 3.12. The highest BCUT2D eigenvalue weighted by atomic mass is 16.3. The number of pyridine rings is 1. The number of phenols is 1. The number of aromatic amines is 1. The van der Waals surface area contributed by atoms with Crippen LogP contribution in [0.3, 0.4) is 0 Å². The van der Waals surface area contributed by atoms with E-state index in [1.54, 1.807) is 36.7 Å². The van der Waals surface area contributed by atoms with Crippen LogP contribution in [0.5, 0.6) is 5.75 Å². The largest absolute Gasteiger partial charge is 0.508 e. The van der Waals surface area contributed by atoms with Crippen molar-refractivity contribution in [3.63, 3.8) is 0 Å². The number of aromatic nitrogens is 3. The number of benzene rings is 1. The van der Waals surface area contributed by atoms with E-state index >= 15 is 0 Å². The molecule has 3 rings (SSSR count). The molecule has 2 aromatic heterocycles. The summed E-state index contributed by atoms with van der Waals surface area (Å²) in [7, 11) is 0. The van der Waals surface area contributed by atoms with E-state index in [0.29, 0.717) is 17.1 Å². The van der Waals surface area contributed by atoms with Crippen LogP contribution in [0.2, 0.25) is 0 Å². The average molecular weight is 294 g/mol. The quantitative estimate of drug-likeness (QED) is 0.689. The maximum absolute atomic E-state index is 12.1. The highest BCUT2D eigenvalue weighted by Gasteiger charge is 2.12. The number of nitrogens with zero attached hydrogens (tertiary/aromatic N) is 2. The van der Waals surface area contributed by atoms with Crippen LogP contribution >= 0.6 is 0 Å². The van der Waals surface area contributed by atoms with Crippen LogP contribution in [0, 0.1) is 0 Å². The lowest BCUT2D eigenvalue weighted by Crippen LogP contribution is -2.14. The summed E-state index contributed by atoms with van der Waals surface area (Å²) < 4.78 is 0. The lowest BCUT2D eigenvalue weighted by molar-refractivity contribution is -0.115. The molecule has 6 heteroatoms. The fourth-order valence-corrected chi connectivity index (χ4v) is 2.13. The van der Waals surface area contributed by atoms with Gasteiger partial charge >= 0.3 is 0 Å². The minimum absolute atomic E-state index is 0.141. The monoisotopic (exact) mass is 294 g/mol. The SMILES string of the molecule is O=C(Cc1cccc(O)c1)Nc1cn[nH]c1-c1ccccn1. The zero-order valence-corrected chi connectivity index (χ0v) is 11.7. The molecule has 0 spiro atoms. The van der Waals surface area contributed by atoms with E-state index in [4.69, 9.17) is 0 Å². The van der Waals surface area contributed by atoms with Crippen LogP contribution < -0.4 is 5.32 Å². The molecule has 0 aliphatic carbocycles. The predicted molar refractivity (Wildman–Crippen MR) is 82.3 cm³/mol. The number of rotatable bonds is 4. The van der Waals surface area contributed by atoms with Crippen molar-refractivity contribution in [2.75, 3.05) is 5.32 Å². The third-order valence-electron chi connectivity index (χ3n) is 3.11. The van der Waals surface area contributed by atoms with Gasteiger partial charge in [0.2, 0.25) is 5.91 Å². The molecule has 0 bridgehead atoms. The normalized spacial score (nSPS) is 10.4. The van der Waals surface area contributed by atoms with E-state index in [1.807, 2.05) is 18.2 Å². The maximum Gasteiger partial charge on any atom is 0.228 e. The number of anilines is 1. The Balaban J connectivity index is 1.74. The lowest BCUT2D eigenvalue weighted by Gasteiger charge is -2.06. The summed E-state index contributed by atoms with van der Waals surface area (Å²) in [6.07, 6.45) is 3.39. The molecule has 2 heterocycles. The highest BCUT2D eigenvalue weighted by molar-refractivity contribution is 5.95. The minimum atomic E-state index is -0.191. The molecular formula is C16H14N4O2. The number of hydrogen-bond acceptors (Lipinski definition) is 4. The number of carbonyl (C=O) groups excluding carboxylic acids is 1. The average Bonchev–Trinajstić information content (AvgIpc) is 2.96. The molecule has 0 unspecified atom stereocenters. The topological polar surface area (TPSA) is 90.9 Å². The number of nitrogens with one attached hydrogen (secondary N) is 2. The van der Waals surface area contributed by atoms with Crippen LogP contribution in [0.4, 0.5) is 5.69 Å². The van der Waals surface area contributed by atoms with Crippen molar-refractivity contribution in [1.29, 1.82) is 0 Å². The van der Waals surface area contributed by atoms with E-state index in [0.717, 1.165) is 5.56 Å². The molecule has 1 amide bonds. The first-order chi connectivity index (χ1) is 10.7. The van der Waals surface area contributed by atoms with E-state index in [1.165, 1.54) is 0 Å². The van der Waals surface area contributed by atoms with Crippen molar-refractivity contribution >= 4 is 11.6 Å². The molecule has 0 aliphatic rings. The van der Waals surface area contributed by atoms with E-state index in [-0.39, 0.29) is 18.1 Å². The molecule has 0 radical (unpaired) electrons. The molecule has 6 nitrogen and oxygen atoms in total. The Kier molecular flexibility index (Phi) is 3.82. The van der Waals surface area contributed by atoms with Crippen LogP contribution in [0.1, 0.15) is 5.56 Å². The van der Waals surface area contributed by atoms with Crippen LogP contribution in [-0.4, -0.2) is 26.2 Å². The Hall–Kier alpha value is -3.15. The van der Waals surface area contributed by atoms with Gasteiger partial charge < -0.3 is 10.4 Å². The van der Waals surface area contributed by atoms with Gasteiger partial charge in [0.1, 0.15) is 11.4 Å². The van der Waals surface area contributed by atoms with Crippen molar-refractivity contribution in [1.82, 2.24) is 15.2 Å². The molecule has 3 aromatic rings. The molecule has 0 atom stereocenters. The van der Waals surface area contributed by atoms with Gasteiger partial charge in [-0.15, -0.1) is 0 Å². The minimum Gasteiger partial charge on any atom is -0.508 e. The first-order valence-electron chi connectivity index (χ1n) is 6.75. The molecule has 0 fully saturated rings. The van der Waals surface area contributed by atoms with Gasteiger partial charge in [-0.1, -0.05) is 18.2 Å². The van der Waals surface area contributed by atoms with Crippen molar-refractivity contribution in [3.8, 4) is 17.1 Å². The number of amides is 1. The van der Waals surface area contributed by atoms with Crippen LogP contribution in [-0.2, 0) is 11.2 Å². The molecule has 0 saturated carbocycles. The van der Waals surface area contributed by atoms with Gasteiger partial charge in [0.05, 0.1) is 24.0 Å². The van der Waals surface area contributed by atoms with Gasteiger partial charge in [0.15, 0.2) is 0 Å². The summed E-state index contributed by atoms with van der Waals surface area (Å²) in [6, 6.07) is 12.1. The Morgan fingerprint density at radius 1 is 1.23 bits per heavy atom. The first kappa shape index (κ1) is 13.8. The molecular weight excluding hydrogens is 280 g/mol. The smallest absolute Gasteiger partial charge is 0.228 e. The highest BCUT2D eigenvalue weighted by Crippen LogP contribution is 2.23. The number of carbonyl (C=O) groups is 1. The van der Waals surface area contributed by atoms with Gasteiger partial charge in [0, 0.05) is 6.20 Å². The van der Waals surface area contributed by atoms with Crippen molar-refractivity contribution in [3.05, 3.63) is 60.4 Å². The third-order valence-corrected chi connectivity index (χ3v) is 3.11. The van der Waals surface area contributed by atoms with Crippen molar-refractivity contribution < 1.29 is 9.90 Å². The standard InChI is InChI=1S/C16H14N4O2/c21-12-5-3-4-11(8-12)9-15(22)19-14-10-18-20-16(14)13-6-1-2-7-17-13/h1-8,10,21H,9H2,(H,18,20)(H,19,22). The second kappa shape index (κ2) is 6.09. The summed E-state index contributed by atoms with van der Waals surface area (Å²) in [6.45, 7) is 0. The number of aromatic hydroxyl groups is 1. The summed E-state index contributed by atoms with van der Waals surface area (Å²) in [5.41, 5.74) is 2.67. The second-order valence-electron chi connectivity index (χ2n) is 4.77. The fraction of sp³-hybridized carbons (Fsp3) is 0.0625. The zero-order chi connectivity index (χ0) is 15.4. The lowest BCUT2D eigenvalue weighted by atomic mass is 10.1. The van der Waals surface area contributed by atoms with Gasteiger partial charge in [-0.2, -0.15) is 5.10 Å². The Morgan fingerprint density at radius 2 is 2.14 bits per heavy atom. The van der Waals surface area contributed by atoms with Crippen LogP contribution in [0.25, 0.3) is 11.4 Å². The molecule has 110 valence electrons. The molecule has 22 heavy (non-hydrogen) atoms. The molecule has 0 aliphatic heterocycles. The summed E-state index contributed by atoms with van der Waals surface area (Å²) in [5, 5.41) is 19.0. The maximum atomic E-state index is 12.1. The van der Waals surface area contributed by atoms with Crippen molar-refractivity contribution in [2.24, 2.45) is 0 Å². The molecule has 3 N–H and O–H groups in total. The summed E-state index contributed by atoms with van der Waals surface area (Å²) in [5.74, 6) is -0.0491. The molecule has 0 saturated heterocycles. The number of phenolic OH excluding ortho intramolecular Hbond substituents is 1. The number of H-pyrrole nitrogens is 1. The van der Waals surface area contributed by atoms with E-state index in [9.17, 15) is 9.90 Å². The van der Waals surface area contributed by atoms with E-state index < -0.39 is 0 Å². The molecule has 1 aromatic carbocycles. The second-order valence-corrected chi connectivity index (χ2v) is 4.77. The van der Waals surface area contributed by atoms with Gasteiger partial charge in [-0.05, 0) is 29.8 Å². The summed E-state index contributed by atoms with van der Waals surface area (Å²) >= 11 is 0.